The zero-order chi connectivity index (χ0) is 15.2. The van der Waals surface area contributed by atoms with Gasteiger partial charge in [-0.1, -0.05) is 30.8 Å². The van der Waals surface area contributed by atoms with Crippen LogP contribution >= 0.6 is 11.8 Å². The summed E-state index contributed by atoms with van der Waals surface area (Å²) in [5.41, 5.74) is 3.44. The summed E-state index contributed by atoms with van der Waals surface area (Å²) in [6, 6.07) is 6.17. The van der Waals surface area contributed by atoms with Crippen LogP contribution in [0.2, 0.25) is 0 Å². The Labute approximate surface area is 130 Å². The fraction of sp³-hybridized carbons (Fsp3) is 0.533. The molecule has 1 aromatic rings. The minimum absolute atomic E-state index is 0.0375. The van der Waals surface area contributed by atoms with Crippen LogP contribution in [0, 0.1) is 13.8 Å². The van der Waals surface area contributed by atoms with Crippen molar-refractivity contribution in [2.24, 2.45) is 4.99 Å². The van der Waals surface area contributed by atoms with E-state index in [2.05, 4.69) is 43.9 Å². The molecule has 0 aliphatic carbocycles. The van der Waals surface area contributed by atoms with E-state index in [1.54, 1.807) is 11.8 Å². The highest BCUT2D eigenvalue weighted by Gasteiger charge is 2.47. The highest BCUT2D eigenvalue weighted by Crippen LogP contribution is 2.36. The second kappa shape index (κ2) is 5.32. The van der Waals surface area contributed by atoms with Gasteiger partial charge in [-0.2, -0.15) is 0 Å². The summed E-state index contributed by atoms with van der Waals surface area (Å²) in [5, 5.41) is 0.969. The van der Waals surface area contributed by atoms with Gasteiger partial charge in [0.1, 0.15) is 0 Å². The minimum atomic E-state index is -2.97. The van der Waals surface area contributed by atoms with Crippen molar-refractivity contribution < 1.29 is 8.42 Å². The number of hydrogen-bond acceptors (Lipinski definition) is 5. The molecule has 0 unspecified atom stereocenters. The van der Waals surface area contributed by atoms with Crippen LogP contribution < -0.4 is 4.90 Å². The Hall–Kier alpha value is -1.01. The van der Waals surface area contributed by atoms with Gasteiger partial charge in [0.2, 0.25) is 0 Å². The van der Waals surface area contributed by atoms with E-state index in [0.29, 0.717) is 0 Å². The van der Waals surface area contributed by atoms with Gasteiger partial charge in [0.15, 0.2) is 15.0 Å². The summed E-state index contributed by atoms with van der Waals surface area (Å²) in [4.78, 5) is 6.85. The van der Waals surface area contributed by atoms with Gasteiger partial charge >= 0.3 is 0 Å². The van der Waals surface area contributed by atoms with Gasteiger partial charge in [-0.3, -0.25) is 4.99 Å². The maximum atomic E-state index is 11.9. The van der Waals surface area contributed by atoms with Crippen LogP contribution in [0.3, 0.4) is 0 Å². The molecule has 3 rings (SSSR count). The first kappa shape index (κ1) is 14.9. The summed E-state index contributed by atoms with van der Waals surface area (Å²) in [6.45, 7) is 6.23. The van der Waals surface area contributed by atoms with E-state index in [1.165, 1.54) is 5.56 Å². The van der Waals surface area contributed by atoms with E-state index >= 15 is 0 Å². The van der Waals surface area contributed by atoms with Crippen LogP contribution in [-0.2, 0) is 9.84 Å². The average molecular weight is 324 g/mol. The van der Waals surface area contributed by atoms with Crippen LogP contribution in [-0.4, -0.2) is 42.9 Å². The van der Waals surface area contributed by atoms with Crippen molar-refractivity contribution >= 4 is 32.5 Å². The molecule has 0 saturated carbocycles. The Morgan fingerprint density at radius 2 is 2.10 bits per heavy atom. The molecule has 0 amide bonds. The van der Waals surface area contributed by atoms with E-state index in [0.717, 1.165) is 22.2 Å². The van der Waals surface area contributed by atoms with E-state index in [1.807, 2.05) is 0 Å². The predicted octanol–water partition coefficient (Wildman–Crippen LogP) is 2.40. The molecule has 0 aromatic heterocycles. The Bertz CT molecular complexity index is 698. The lowest BCUT2D eigenvalue weighted by atomic mass is 10.1. The number of sulfone groups is 1. The number of amidine groups is 1. The number of aliphatic imine (C=N–C) groups is 1. The van der Waals surface area contributed by atoms with Crippen molar-refractivity contribution in [3.05, 3.63) is 29.3 Å². The van der Waals surface area contributed by atoms with Crippen molar-refractivity contribution in [1.82, 2.24) is 0 Å². The van der Waals surface area contributed by atoms with Gasteiger partial charge in [-0.25, -0.2) is 8.42 Å². The summed E-state index contributed by atoms with van der Waals surface area (Å²) < 4.78 is 23.9. The molecule has 1 saturated heterocycles. The summed E-state index contributed by atoms with van der Waals surface area (Å²) in [6.07, 6.45) is 0. The first-order chi connectivity index (χ1) is 9.91. The van der Waals surface area contributed by atoms with Crippen LogP contribution in [0.25, 0.3) is 0 Å². The number of fused-ring (bicyclic) bond motifs is 1. The normalized spacial score (nSPS) is 26.8. The molecule has 4 nitrogen and oxygen atoms in total. The first-order valence-corrected chi connectivity index (χ1v) is 9.99. The number of hydrogen-bond donors (Lipinski definition) is 0. The number of nitrogens with zero attached hydrogens (tertiary/aromatic N) is 2. The Kier molecular flexibility index (Phi) is 3.78. The van der Waals surface area contributed by atoms with E-state index < -0.39 is 9.84 Å². The van der Waals surface area contributed by atoms with Gasteiger partial charge in [0.25, 0.3) is 0 Å². The zero-order valence-corrected chi connectivity index (χ0v) is 14.2. The zero-order valence-electron chi connectivity index (χ0n) is 12.5. The van der Waals surface area contributed by atoms with Gasteiger partial charge in [-0.05, 0) is 36.8 Å². The number of rotatable bonds is 2. The summed E-state index contributed by atoms with van der Waals surface area (Å²) in [7, 11) is -2.97. The van der Waals surface area contributed by atoms with Crippen LogP contribution in [0.15, 0.2) is 23.2 Å². The maximum Gasteiger partial charge on any atom is 0.164 e. The molecule has 1 aromatic carbocycles. The second-order valence-corrected chi connectivity index (χ2v) is 9.10. The van der Waals surface area contributed by atoms with E-state index in [-0.39, 0.29) is 23.6 Å². The SMILES string of the molecule is CCSC1=N[C@H]2CS(=O)(=O)C[C@H]2N1c1cc(C)ccc1C. The average Bonchev–Trinajstić information content (AvgIpc) is 2.84. The topological polar surface area (TPSA) is 49.7 Å². The molecular weight excluding hydrogens is 304 g/mol. The first-order valence-electron chi connectivity index (χ1n) is 7.19. The lowest BCUT2D eigenvalue weighted by Crippen LogP contribution is -2.39. The van der Waals surface area contributed by atoms with Gasteiger partial charge < -0.3 is 4.90 Å². The molecule has 114 valence electrons. The van der Waals surface area contributed by atoms with Crippen molar-refractivity contribution in [2.45, 2.75) is 32.9 Å². The number of thioether (sulfide) groups is 1. The number of benzene rings is 1. The molecule has 0 radical (unpaired) electrons. The molecule has 2 aliphatic rings. The third-order valence-corrected chi connectivity index (χ3v) is 6.55. The van der Waals surface area contributed by atoms with Crippen molar-refractivity contribution in [2.75, 3.05) is 22.2 Å². The highest BCUT2D eigenvalue weighted by molar-refractivity contribution is 8.14. The number of anilines is 1. The standard InChI is InChI=1S/C15H20N2O2S2/c1-4-20-15-16-12-8-21(18,19)9-14(12)17(15)13-7-10(2)5-6-11(13)3/h5-7,12,14H,4,8-9H2,1-3H3/t12-,14+/m0/s1. The third kappa shape index (κ3) is 2.71. The van der Waals surface area contributed by atoms with E-state index in [9.17, 15) is 8.42 Å². The fourth-order valence-corrected chi connectivity index (χ4v) is 5.71. The van der Waals surface area contributed by atoms with Crippen LogP contribution in [0.1, 0.15) is 18.1 Å². The van der Waals surface area contributed by atoms with Gasteiger partial charge in [-0.15, -0.1) is 0 Å². The maximum absolute atomic E-state index is 11.9. The molecule has 21 heavy (non-hydrogen) atoms. The Morgan fingerprint density at radius 3 is 2.81 bits per heavy atom. The largest absolute Gasteiger partial charge is 0.315 e. The Balaban J connectivity index is 2.05. The molecule has 0 spiro atoms. The van der Waals surface area contributed by atoms with Crippen LogP contribution in [0.4, 0.5) is 5.69 Å². The minimum Gasteiger partial charge on any atom is -0.315 e. The Morgan fingerprint density at radius 1 is 1.33 bits per heavy atom. The second-order valence-electron chi connectivity index (χ2n) is 5.72. The lowest BCUT2D eigenvalue weighted by molar-refractivity contribution is 0.601. The van der Waals surface area contributed by atoms with E-state index in [4.69, 9.17) is 4.99 Å². The smallest absolute Gasteiger partial charge is 0.164 e. The fourth-order valence-electron chi connectivity index (χ4n) is 3.02. The quantitative estimate of drug-likeness (QED) is 0.838. The molecule has 1 fully saturated rings. The van der Waals surface area contributed by atoms with Crippen molar-refractivity contribution in [3.8, 4) is 0 Å². The molecule has 6 heteroatoms. The predicted molar refractivity (Wildman–Crippen MR) is 90.2 cm³/mol. The molecule has 2 aliphatic heterocycles. The van der Waals surface area contributed by atoms with Crippen molar-refractivity contribution in [1.29, 1.82) is 0 Å². The molecular formula is C15H20N2O2S2. The lowest BCUT2D eigenvalue weighted by Gasteiger charge is -2.28. The van der Waals surface area contributed by atoms with Gasteiger partial charge in [0.05, 0.1) is 23.6 Å². The van der Waals surface area contributed by atoms with Gasteiger partial charge in [0, 0.05) is 5.69 Å². The van der Waals surface area contributed by atoms with Crippen molar-refractivity contribution in [3.63, 3.8) is 0 Å². The summed E-state index contributed by atoms with van der Waals surface area (Å²) in [5.74, 6) is 1.33. The molecule has 2 atom stereocenters. The molecule has 2 heterocycles. The summed E-state index contributed by atoms with van der Waals surface area (Å²) >= 11 is 1.69. The molecule has 0 N–H and O–H groups in total. The third-order valence-electron chi connectivity index (χ3n) is 4.01. The van der Waals surface area contributed by atoms with Crippen LogP contribution in [0.5, 0.6) is 0 Å². The highest BCUT2D eigenvalue weighted by atomic mass is 32.2. The number of aryl methyl sites for hydroxylation is 2. The molecule has 0 bridgehead atoms. The monoisotopic (exact) mass is 324 g/mol.